The van der Waals surface area contributed by atoms with Crippen molar-refractivity contribution in [1.82, 2.24) is 24.8 Å². The lowest BCUT2D eigenvalue weighted by Gasteiger charge is -2.39. The zero-order valence-electron chi connectivity index (χ0n) is 36.7. The standard InChI is InChI=1S/C27H21F2N5O3.C9H11NO2.C7H12FN.C5H12O/c1-3-18-21(28)7-4-14-8-17(36)9-19(22(14)18)24-23(29)25-20(10-30-24)26(32-27(31-25)37-2)33-11-15-5-6-16(12-33)34(15)13-35;1-12-6-8-2-4-9(5-3-8)10-7-11;8-6-4-7-2-1-3-9(7)5-6;1-3-4-5-6-2/h1,4,7-10,13,15-16,36H,5-6,11-12H2,2H3;2-5,7H,6H2,1H3,(H,10,11);6-7H,1-5H2;3-5H2,1-2H3/t;;6-,7?;/m..1./s1. The van der Waals surface area contributed by atoms with Crippen molar-refractivity contribution in [3.05, 3.63) is 77.5 Å². The fourth-order valence-corrected chi connectivity index (χ4v) is 8.82. The number of pyridine rings is 1. The van der Waals surface area contributed by atoms with Gasteiger partial charge in [-0.3, -0.25) is 19.5 Å². The quantitative estimate of drug-likeness (QED) is 0.0768. The number of rotatable bonds is 11. The lowest BCUT2D eigenvalue weighted by Crippen LogP contribution is -2.53. The van der Waals surface area contributed by atoms with Crippen molar-refractivity contribution in [3.8, 4) is 35.4 Å². The Hall–Kier alpha value is -6.02. The predicted octanol–water partition coefficient (Wildman–Crippen LogP) is 7.65. The molecule has 13 nitrogen and oxygen atoms in total. The number of carbonyl (C=O) groups excluding carboxylic acids is 2. The molecule has 2 bridgehead atoms. The van der Waals surface area contributed by atoms with E-state index in [-0.39, 0.29) is 51.6 Å². The average molecular weight is 884 g/mol. The van der Waals surface area contributed by atoms with Gasteiger partial charge in [-0.25, -0.2) is 13.2 Å². The molecule has 2 N–H and O–H groups in total. The highest BCUT2D eigenvalue weighted by Crippen LogP contribution is 2.40. The SMILES string of the molecule is C#Cc1c(F)ccc2cc(O)cc(-c3ncc4c(N5CC6CCC(C5)N6C=O)nc(OC)nc4c3F)c12.CCCCOC.COCc1ccc(NC=O)cc1.F[C@@H]1CC2CCCN2C1. The first-order chi connectivity index (χ1) is 31.1. The van der Waals surface area contributed by atoms with Crippen molar-refractivity contribution in [2.24, 2.45) is 0 Å². The topological polar surface area (TPSA) is 142 Å². The maximum atomic E-state index is 16.2. The summed E-state index contributed by atoms with van der Waals surface area (Å²) in [4.78, 5) is 40.8. The molecule has 9 rings (SSSR count). The Balaban J connectivity index is 0.000000203. The number of unbranched alkanes of at least 4 members (excludes halogenated alkanes) is 1. The van der Waals surface area contributed by atoms with Gasteiger partial charge in [-0.05, 0) is 86.4 Å². The highest BCUT2D eigenvalue weighted by atomic mass is 19.1. The first kappa shape index (κ1) is 47.5. The molecular weight excluding hydrogens is 828 g/mol. The lowest BCUT2D eigenvalue weighted by atomic mass is 9.96. The summed E-state index contributed by atoms with van der Waals surface area (Å²) in [5.74, 6) is 1.21. The molecule has 0 saturated carbocycles. The number of fused-ring (bicyclic) bond motifs is 5. The molecule has 0 radical (unpaired) electrons. The molecular formula is C48H56F3N7O6. The Labute approximate surface area is 371 Å². The van der Waals surface area contributed by atoms with Gasteiger partial charge in [-0.15, -0.1) is 6.42 Å². The number of halogens is 3. The molecule has 2 aromatic heterocycles. The molecule has 4 aliphatic rings. The number of carbonyl (C=O) groups is 2. The average Bonchev–Trinajstić information content (AvgIpc) is 3.96. The van der Waals surface area contributed by atoms with E-state index in [0.29, 0.717) is 55.3 Å². The van der Waals surface area contributed by atoms with Gasteiger partial charge in [-0.1, -0.05) is 37.5 Å². The molecule has 4 aliphatic heterocycles. The molecule has 340 valence electrons. The van der Waals surface area contributed by atoms with Crippen LogP contribution >= 0.6 is 0 Å². The molecule has 64 heavy (non-hydrogen) atoms. The lowest BCUT2D eigenvalue weighted by molar-refractivity contribution is -0.121. The largest absolute Gasteiger partial charge is 0.508 e. The van der Waals surface area contributed by atoms with E-state index in [1.807, 2.05) is 34.1 Å². The van der Waals surface area contributed by atoms with Crippen LogP contribution in [0.4, 0.5) is 24.7 Å². The summed E-state index contributed by atoms with van der Waals surface area (Å²) in [6.07, 6.45) is 15.6. The second-order valence-corrected chi connectivity index (χ2v) is 16.1. The van der Waals surface area contributed by atoms with Crippen LogP contribution in [-0.2, 0) is 25.7 Å². The van der Waals surface area contributed by atoms with Crippen molar-refractivity contribution in [2.45, 2.75) is 82.8 Å². The van der Waals surface area contributed by atoms with Crippen molar-refractivity contribution < 1.29 is 42.1 Å². The van der Waals surface area contributed by atoms with Gasteiger partial charge >= 0.3 is 6.01 Å². The number of alkyl halides is 1. The van der Waals surface area contributed by atoms with Crippen molar-refractivity contribution >= 4 is 46.0 Å². The molecule has 3 unspecified atom stereocenters. The molecule has 0 aliphatic carbocycles. The van der Waals surface area contributed by atoms with E-state index >= 15 is 4.39 Å². The van der Waals surface area contributed by atoms with Gasteiger partial charge in [0.05, 0.1) is 24.7 Å². The molecule has 4 saturated heterocycles. The zero-order valence-corrected chi connectivity index (χ0v) is 36.7. The molecule has 6 heterocycles. The van der Waals surface area contributed by atoms with E-state index in [4.69, 9.17) is 20.6 Å². The number of anilines is 2. The minimum atomic E-state index is -0.784. The molecule has 0 spiro atoms. The summed E-state index contributed by atoms with van der Waals surface area (Å²) in [6, 6.07) is 13.6. The van der Waals surface area contributed by atoms with E-state index in [1.54, 1.807) is 14.2 Å². The number of hydrogen-bond acceptors (Lipinski definition) is 11. The highest BCUT2D eigenvalue weighted by Gasteiger charge is 2.40. The van der Waals surface area contributed by atoms with E-state index < -0.39 is 17.8 Å². The third-order valence-corrected chi connectivity index (χ3v) is 11.9. The molecule has 16 heteroatoms. The first-order valence-electron chi connectivity index (χ1n) is 21.5. The third kappa shape index (κ3) is 11.0. The number of amides is 2. The summed E-state index contributed by atoms with van der Waals surface area (Å²) >= 11 is 0. The van der Waals surface area contributed by atoms with Crippen molar-refractivity contribution in [1.29, 1.82) is 0 Å². The van der Waals surface area contributed by atoms with Gasteiger partial charge in [0.25, 0.3) is 0 Å². The Morgan fingerprint density at radius 1 is 0.969 bits per heavy atom. The number of phenolic OH excluding ortho intramolecular Hbond substituents is 1. The summed E-state index contributed by atoms with van der Waals surface area (Å²) in [5.41, 5.74) is 1.79. The van der Waals surface area contributed by atoms with Crippen molar-refractivity contribution in [2.75, 3.05) is 64.3 Å². The van der Waals surface area contributed by atoms with Crippen LogP contribution in [0.3, 0.4) is 0 Å². The molecule has 3 aromatic carbocycles. The Bertz CT molecular complexity index is 2390. The number of ether oxygens (including phenoxy) is 3. The van der Waals surface area contributed by atoms with Crippen molar-refractivity contribution in [3.63, 3.8) is 0 Å². The third-order valence-electron chi connectivity index (χ3n) is 11.9. The Morgan fingerprint density at radius 3 is 2.33 bits per heavy atom. The molecule has 4 fully saturated rings. The summed E-state index contributed by atoms with van der Waals surface area (Å²) < 4.78 is 58.4. The van der Waals surface area contributed by atoms with Gasteiger partial charge < -0.3 is 34.4 Å². The van der Waals surface area contributed by atoms with Crippen LogP contribution in [0.1, 0.15) is 63.0 Å². The number of nitrogens with zero attached hydrogens (tertiary/aromatic N) is 6. The Morgan fingerprint density at radius 2 is 1.72 bits per heavy atom. The molecule has 4 atom stereocenters. The highest BCUT2D eigenvalue weighted by molar-refractivity contribution is 6.03. The van der Waals surface area contributed by atoms with Gasteiger partial charge in [0.15, 0.2) is 5.82 Å². The van der Waals surface area contributed by atoms with E-state index in [0.717, 1.165) is 50.1 Å². The second kappa shape index (κ2) is 22.6. The second-order valence-electron chi connectivity index (χ2n) is 16.1. The van der Waals surface area contributed by atoms with E-state index in [1.165, 1.54) is 63.3 Å². The van der Waals surface area contributed by atoms with E-state index in [2.05, 4.69) is 38.0 Å². The van der Waals surface area contributed by atoms with Gasteiger partial charge in [0.1, 0.15) is 34.8 Å². The smallest absolute Gasteiger partial charge is 0.318 e. The number of methoxy groups -OCH3 is 3. The predicted molar refractivity (Wildman–Crippen MR) is 241 cm³/mol. The number of nitrogens with one attached hydrogen (secondary N) is 1. The van der Waals surface area contributed by atoms with Gasteiger partial charge in [-0.2, -0.15) is 9.97 Å². The number of hydrogen-bond donors (Lipinski definition) is 2. The van der Waals surface area contributed by atoms with Gasteiger partial charge in [0.2, 0.25) is 12.8 Å². The number of aromatic nitrogens is 3. The first-order valence-corrected chi connectivity index (χ1v) is 21.5. The fourth-order valence-electron chi connectivity index (χ4n) is 8.82. The van der Waals surface area contributed by atoms with Crippen LogP contribution in [0.2, 0.25) is 0 Å². The summed E-state index contributed by atoms with van der Waals surface area (Å²) in [7, 11) is 4.77. The number of terminal acetylenes is 1. The maximum absolute atomic E-state index is 16.2. The van der Waals surface area contributed by atoms with Crippen LogP contribution in [0, 0.1) is 24.0 Å². The minimum Gasteiger partial charge on any atom is -0.508 e. The summed E-state index contributed by atoms with van der Waals surface area (Å²) in [6.45, 7) is 6.60. The monoisotopic (exact) mass is 883 g/mol. The molecule has 5 aromatic rings. The maximum Gasteiger partial charge on any atom is 0.318 e. The minimum absolute atomic E-state index is 0.0279. The molecule has 2 amide bonds. The van der Waals surface area contributed by atoms with Crippen LogP contribution in [0.5, 0.6) is 11.8 Å². The normalized spacial score (nSPS) is 19.7. The number of aromatic hydroxyl groups is 1. The summed E-state index contributed by atoms with van der Waals surface area (Å²) in [5, 5.41) is 13.9. The van der Waals surface area contributed by atoms with Crippen LogP contribution < -0.4 is 15.0 Å². The van der Waals surface area contributed by atoms with Crippen LogP contribution in [0.15, 0.2) is 54.7 Å². The van der Waals surface area contributed by atoms with Crippen LogP contribution in [-0.4, -0.2) is 121 Å². The number of phenols is 1. The van der Waals surface area contributed by atoms with Gasteiger partial charge in [0, 0.05) is 81.4 Å². The number of benzene rings is 3. The van der Waals surface area contributed by atoms with Crippen LogP contribution in [0.25, 0.3) is 32.9 Å². The fraction of sp³-hybridized carbons (Fsp3) is 0.438. The number of piperazine rings is 1. The van der Waals surface area contributed by atoms with E-state index in [9.17, 15) is 23.5 Å². The zero-order chi connectivity index (χ0) is 45.8. The Kier molecular flexibility index (Phi) is 16.7.